The normalized spacial score (nSPS) is 9.94. The van der Waals surface area contributed by atoms with Crippen molar-refractivity contribution in [2.24, 2.45) is 0 Å². The molecule has 0 saturated heterocycles. The number of nitrogen functional groups attached to an aromatic ring is 1. The SMILES string of the molecule is CNc1cc(NCc2ccncc2)nc(N)n1. The molecule has 0 atom stereocenters. The Hall–Kier alpha value is -2.37. The van der Waals surface area contributed by atoms with E-state index in [4.69, 9.17) is 5.73 Å². The minimum Gasteiger partial charge on any atom is -0.373 e. The zero-order chi connectivity index (χ0) is 12.1. The molecule has 0 saturated carbocycles. The number of nitrogens with two attached hydrogens (primary N) is 1. The molecule has 2 aromatic rings. The van der Waals surface area contributed by atoms with Crippen LogP contribution in [0.5, 0.6) is 0 Å². The summed E-state index contributed by atoms with van der Waals surface area (Å²) in [6, 6.07) is 5.69. The molecule has 6 heteroatoms. The lowest BCUT2D eigenvalue weighted by molar-refractivity contribution is 1.08. The summed E-state index contributed by atoms with van der Waals surface area (Å²) >= 11 is 0. The predicted octanol–water partition coefficient (Wildman–Crippen LogP) is 1.11. The molecule has 0 aliphatic rings. The highest BCUT2D eigenvalue weighted by molar-refractivity contribution is 5.50. The molecule has 6 nitrogen and oxygen atoms in total. The first-order chi connectivity index (χ1) is 8.28. The molecule has 2 rings (SSSR count). The molecular formula is C11H14N6. The number of hydrogen-bond acceptors (Lipinski definition) is 6. The second-order valence-electron chi connectivity index (χ2n) is 3.46. The highest BCUT2D eigenvalue weighted by Crippen LogP contribution is 2.12. The molecule has 0 amide bonds. The minimum absolute atomic E-state index is 0.245. The Morgan fingerprint density at radius 1 is 1.18 bits per heavy atom. The van der Waals surface area contributed by atoms with Crippen LogP contribution in [0, 0.1) is 0 Å². The molecule has 88 valence electrons. The van der Waals surface area contributed by atoms with Gasteiger partial charge in [-0.3, -0.25) is 4.98 Å². The Morgan fingerprint density at radius 2 is 1.88 bits per heavy atom. The Morgan fingerprint density at radius 3 is 2.59 bits per heavy atom. The highest BCUT2D eigenvalue weighted by atomic mass is 15.1. The second-order valence-corrected chi connectivity index (χ2v) is 3.46. The standard InChI is InChI=1S/C11H14N6/c1-13-9-6-10(17-11(12)16-9)15-7-8-2-4-14-5-3-8/h2-6H,7H2,1H3,(H4,12,13,15,16,17). The third-order valence-electron chi connectivity index (χ3n) is 2.22. The van der Waals surface area contributed by atoms with Crippen molar-refractivity contribution >= 4 is 17.6 Å². The van der Waals surface area contributed by atoms with Gasteiger partial charge in [-0.1, -0.05) is 0 Å². The maximum Gasteiger partial charge on any atom is 0.223 e. The fourth-order valence-corrected chi connectivity index (χ4v) is 1.38. The van der Waals surface area contributed by atoms with E-state index in [2.05, 4.69) is 25.6 Å². The van der Waals surface area contributed by atoms with Gasteiger partial charge in [0.25, 0.3) is 0 Å². The quantitative estimate of drug-likeness (QED) is 0.729. The van der Waals surface area contributed by atoms with Crippen LogP contribution in [-0.2, 0) is 6.54 Å². The van der Waals surface area contributed by atoms with Crippen LogP contribution in [0.25, 0.3) is 0 Å². The van der Waals surface area contributed by atoms with Crippen LogP contribution in [0.4, 0.5) is 17.6 Å². The second kappa shape index (κ2) is 5.11. The van der Waals surface area contributed by atoms with E-state index < -0.39 is 0 Å². The van der Waals surface area contributed by atoms with Gasteiger partial charge < -0.3 is 16.4 Å². The van der Waals surface area contributed by atoms with Crippen LogP contribution in [0.1, 0.15) is 5.56 Å². The predicted molar refractivity (Wildman–Crippen MR) is 67.6 cm³/mol. The van der Waals surface area contributed by atoms with Crippen molar-refractivity contribution in [1.29, 1.82) is 0 Å². The summed E-state index contributed by atoms with van der Waals surface area (Å²) in [7, 11) is 1.79. The summed E-state index contributed by atoms with van der Waals surface area (Å²) in [5.74, 6) is 1.63. The van der Waals surface area contributed by atoms with Crippen molar-refractivity contribution in [3.05, 3.63) is 36.2 Å². The highest BCUT2D eigenvalue weighted by Gasteiger charge is 2.00. The van der Waals surface area contributed by atoms with Crippen molar-refractivity contribution in [3.8, 4) is 0 Å². The zero-order valence-electron chi connectivity index (χ0n) is 9.51. The number of hydrogen-bond donors (Lipinski definition) is 3. The molecule has 0 aliphatic carbocycles. The number of rotatable bonds is 4. The lowest BCUT2D eigenvalue weighted by atomic mass is 10.3. The van der Waals surface area contributed by atoms with Crippen LogP contribution in [0.2, 0.25) is 0 Å². The lowest BCUT2D eigenvalue weighted by Gasteiger charge is -2.07. The van der Waals surface area contributed by atoms with Gasteiger partial charge in [0.05, 0.1) is 0 Å². The van der Waals surface area contributed by atoms with E-state index in [9.17, 15) is 0 Å². The summed E-state index contributed by atoms with van der Waals surface area (Å²) in [5.41, 5.74) is 6.72. The first-order valence-corrected chi connectivity index (χ1v) is 5.23. The van der Waals surface area contributed by atoms with Crippen LogP contribution >= 0.6 is 0 Å². The van der Waals surface area contributed by atoms with Crippen LogP contribution in [-0.4, -0.2) is 22.0 Å². The average Bonchev–Trinajstić information content (AvgIpc) is 2.37. The molecular weight excluding hydrogens is 216 g/mol. The van der Waals surface area contributed by atoms with E-state index in [1.807, 2.05) is 12.1 Å². The third-order valence-corrected chi connectivity index (χ3v) is 2.22. The van der Waals surface area contributed by atoms with Crippen molar-refractivity contribution in [1.82, 2.24) is 15.0 Å². The summed E-state index contributed by atoms with van der Waals surface area (Å²) in [5, 5.41) is 6.10. The Bertz CT molecular complexity index is 485. The van der Waals surface area contributed by atoms with Crippen molar-refractivity contribution < 1.29 is 0 Å². The summed E-state index contributed by atoms with van der Waals surface area (Å²) < 4.78 is 0. The van der Waals surface area contributed by atoms with Crippen molar-refractivity contribution in [2.45, 2.75) is 6.54 Å². The van der Waals surface area contributed by atoms with E-state index in [1.54, 1.807) is 25.5 Å². The van der Waals surface area contributed by atoms with Gasteiger partial charge in [0.2, 0.25) is 5.95 Å². The van der Waals surface area contributed by atoms with Crippen molar-refractivity contribution in [3.63, 3.8) is 0 Å². The molecule has 0 bridgehead atoms. The van der Waals surface area contributed by atoms with Crippen LogP contribution < -0.4 is 16.4 Å². The maximum absolute atomic E-state index is 5.59. The van der Waals surface area contributed by atoms with Gasteiger partial charge in [0, 0.05) is 32.1 Å². The number of pyridine rings is 1. The molecule has 17 heavy (non-hydrogen) atoms. The topological polar surface area (TPSA) is 88.8 Å². The molecule has 2 heterocycles. The van der Waals surface area contributed by atoms with Gasteiger partial charge in [-0.2, -0.15) is 9.97 Å². The van der Waals surface area contributed by atoms with E-state index in [0.717, 1.165) is 5.56 Å². The zero-order valence-corrected chi connectivity index (χ0v) is 9.51. The summed E-state index contributed by atoms with van der Waals surface area (Å²) in [4.78, 5) is 12.1. The van der Waals surface area contributed by atoms with Crippen molar-refractivity contribution in [2.75, 3.05) is 23.4 Å². The fourth-order valence-electron chi connectivity index (χ4n) is 1.38. The van der Waals surface area contributed by atoms with E-state index in [1.165, 1.54) is 0 Å². The molecule has 0 aromatic carbocycles. The maximum atomic E-state index is 5.59. The largest absolute Gasteiger partial charge is 0.373 e. The summed E-state index contributed by atoms with van der Waals surface area (Å²) in [6.45, 7) is 0.669. The molecule has 0 radical (unpaired) electrons. The summed E-state index contributed by atoms with van der Waals surface area (Å²) in [6.07, 6.45) is 3.51. The number of aromatic nitrogens is 3. The smallest absolute Gasteiger partial charge is 0.223 e. The van der Waals surface area contributed by atoms with Gasteiger partial charge in [0.15, 0.2) is 0 Å². The van der Waals surface area contributed by atoms with Gasteiger partial charge in [0.1, 0.15) is 11.6 Å². The van der Waals surface area contributed by atoms with Gasteiger partial charge in [-0.25, -0.2) is 0 Å². The first kappa shape index (κ1) is 11.1. The molecule has 0 unspecified atom stereocenters. The molecule has 0 spiro atoms. The van der Waals surface area contributed by atoms with E-state index in [0.29, 0.717) is 18.2 Å². The first-order valence-electron chi connectivity index (χ1n) is 5.23. The molecule has 2 aromatic heterocycles. The lowest BCUT2D eigenvalue weighted by Crippen LogP contribution is -2.06. The Balaban J connectivity index is 2.06. The number of anilines is 3. The van der Waals surface area contributed by atoms with E-state index in [-0.39, 0.29) is 5.95 Å². The third kappa shape index (κ3) is 3.04. The average molecular weight is 230 g/mol. The Labute approximate surface area is 99.3 Å². The minimum atomic E-state index is 0.245. The van der Waals surface area contributed by atoms with Gasteiger partial charge >= 0.3 is 0 Å². The number of nitrogens with zero attached hydrogens (tertiary/aromatic N) is 3. The monoisotopic (exact) mass is 230 g/mol. The molecule has 4 N–H and O–H groups in total. The molecule has 0 fully saturated rings. The van der Waals surface area contributed by atoms with Crippen LogP contribution in [0.15, 0.2) is 30.6 Å². The van der Waals surface area contributed by atoms with Gasteiger partial charge in [-0.15, -0.1) is 0 Å². The van der Waals surface area contributed by atoms with E-state index >= 15 is 0 Å². The Kier molecular flexibility index (Phi) is 3.34. The number of nitrogens with one attached hydrogen (secondary N) is 2. The van der Waals surface area contributed by atoms with Gasteiger partial charge in [-0.05, 0) is 17.7 Å². The molecule has 0 aliphatic heterocycles. The van der Waals surface area contributed by atoms with Crippen LogP contribution in [0.3, 0.4) is 0 Å². The fraction of sp³-hybridized carbons (Fsp3) is 0.182.